The van der Waals surface area contributed by atoms with Crippen LogP contribution in [0, 0.1) is 0 Å². The highest BCUT2D eigenvalue weighted by Crippen LogP contribution is 2.30. The topological polar surface area (TPSA) is 105 Å². The highest BCUT2D eigenvalue weighted by atomic mass is 16.5. The van der Waals surface area contributed by atoms with Gasteiger partial charge in [0.2, 0.25) is 0 Å². The molecule has 0 bridgehead atoms. The highest BCUT2D eigenvalue weighted by Gasteiger charge is 2.41. The Kier molecular flexibility index (Phi) is 4.60. The molecule has 0 radical (unpaired) electrons. The zero-order chi connectivity index (χ0) is 17.3. The predicted molar refractivity (Wildman–Crippen MR) is 83.6 cm³/mol. The van der Waals surface area contributed by atoms with Crippen LogP contribution < -0.4 is 0 Å². The summed E-state index contributed by atoms with van der Waals surface area (Å²) < 4.78 is 7.27. The van der Waals surface area contributed by atoms with E-state index in [1.807, 2.05) is 6.92 Å². The van der Waals surface area contributed by atoms with Crippen molar-refractivity contribution in [3.05, 3.63) is 17.0 Å². The molecule has 8 heteroatoms. The molecular formula is C16H23N3O5. The summed E-state index contributed by atoms with van der Waals surface area (Å²) in [5.41, 5.74) is 0.501. The molecule has 2 N–H and O–H groups in total. The number of hydrogen-bond donors (Lipinski definition) is 2. The predicted octanol–water partition coefficient (Wildman–Crippen LogP) is 0.417. The van der Waals surface area contributed by atoms with Crippen LogP contribution in [0.25, 0.3) is 0 Å². The average Bonchev–Trinajstić information content (AvgIpc) is 2.93. The summed E-state index contributed by atoms with van der Waals surface area (Å²) >= 11 is 0. The largest absolute Gasteiger partial charge is 0.476 e. The molecule has 0 spiro atoms. The van der Waals surface area contributed by atoms with Crippen LogP contribution in [-0.2, 0) is 29.0 Å². The third kappa shape index (κ3) is 2.91. The van der Waals surface area contributed by atoms with Crippen molar-refractivity contribution in [1.82, 2.24) is 14.7 Å². The fourth-order valence-electron chi connectivity index (χ4n) is 3.55. The minimum atomic E-state index is -1.11. The SMILES string of the molecule is C[C@@]1(C(=O)N2CCc3c(c(C(=O)O)nn3CCO)C2)CCCCO1. The fraction of sp³-hybridized carbons (Fsp3) is 0.688. The van der Waals surface area contributed by atoms with E-state index in [9.17, 15) is 14.7 Å². The standard InChI is InChI=1S/C16H23N3O5/c1-16(5-2-3-9-24-16)15(23)18-6-4-12-11(10-18)13(14(21)22)17-19(12)7-8-20/h20H,2-10H2,1H3,(H,21,22)/t16-/m0/s1. The second-order valence-corrected chi connectivity index (χ2v) is 6.54. The van der Waals surface area contributed by atoms with E-state index >= 15 is 0 Å². The summed E-state index contributed by atoms with van der Waals surface area (Å²) in [6.07, 6.45) is 3.13. The molecule has 1 saturated heterocycles. The van der Waals surface area contributed by atoms with Gasteiger partial charge in [-0.1, -0.05) is 0 Å². The average molecular weight is 337 g/mol. The van der Waals surface area contributed by atoms with Gasteiger partial charge in [0.15, 0.2) is 5.69 Å². The Morgan fingerprint density at radius 2 is 2.17 bits per heavy atom. The number of fused-ring (bicyclic) bond motifs is 1. The zero-order valence-corrected chi connectivity index (χ0v) is 13.8. The first kappa shape index (κ1) is 16.9. The molecule has 2 aliphatic heterocycles. The van der Waals surface area contributed by atoms with Gasteiger partial charge in [0, 0.05) is 30.8 Å². The molecule has 3 rings (SSSR count). The molecule has 0 unspecified atom stereocenters. The molecule has 1 aromatic rings. The van der Waals surface area contributed by atoms with Crippen molar-refractivity contribution >= 4 is 11.9 Å². The molecular weight excluding hydrogens is 314 g/mol. The van der Waals surface area contributed by atoms with Crippen LogP contribution >= 0.6 is 0 Å². The van der Waals surface area contributed by atoms with Gasteiger partial charge in [-0.25, -0.2) is 4.79 Å². The van der Waals surface area contributed by atoms with Crippen LogP contribution in [0.2, 0.25) is 0 Å². The summed E-state index contributed by atoms with van der Waals surface area (Å²) in [6.45, 7) is 3.26. The summed E-state index contributed by atoms with van der Waals surface area (Å²) in [5.74, 6) is -1.20. The molecule has 24 heavy (non-hydrogen) atoms. The zero-order valence-electron chi connectivity index (χ0n) is 13.8. The first-order valence-corrected chi connectivity index (χ1v) is 8.32. The van der Waals surface area contributed by atoms with E-state index in [1.54, 1.807) is 9.58 Å². The Hall–Kier alpha value is -1.93. The van der Waals surface area contributed by atoms with E-state index in [-0.39, 0.29) is 31.3 Å². The maximum absolute atomic E-state index is 12.9. The van der Waals surface area contributed by atoms with Crippen LogP contribution in [-0.4, -0.2) is 62.1 Å². The lowest BCUT2D eigenvalue weighted by molar-refractivity contribution is -0.162. The molecule has 3 heterocycles. The van der Waals surface area contributed by atoms with Crippen molar-refractivity contribution in [3.63, 3.8) is 0 Å². The number of aromatic carboxylic acids is 1. The van der Waals surface area contributed by atoms with Gasteiger partial charge in [0.1, 0.15) is 5.60 Å². The number of ether oxygens (including phenoxy) is 1. The minimum absolute atomic E-state index is 0.0364. The van der Waals surface area contributed by atoms with Crippen LogP contribution in [0.1, 0.15) is 47.9 Å². The lowest BCUT2D eigenvalue weighted by Gasteiger charge is -2.38. The van der Waals surface area contributed by atoms with Gasteiger partial charge in [-0.05, 0) is 26.2 Å². The van der Waals surface area contributed by atoms with E-state index in [1.165, 1.54) is 0 Å². The second-order valence-electron chi connectivity index (χ2n) is 6.54. The number of carboxylic acid groups (broad SMARTS) is 1. The van der Waals surface area contributed by atoms with Crippen LogP contribution in [0.4, 0.5) is 0 Å². The molecule has 1 amide bonds. The number of carboxylic acids is 1. The van der Waals surface area contributed by atoms with Gasteiger partial charge in [0.05, 0.1) is 19.7 Å². The molecule has 1 atom stereocenters. The van der Waals surface area contributed by atoms with Crippen LogP contribution in [0.3, 0.4) is 0 Å². The van der Waals surface area contributed by atoms with Gasteiger partial charge in [0.25, 0.3) is 5.91 Å². The lowest BCUT2D eigenvalue weighted by Crippen LogP contribution is -2.51. The molecule has 132 valence electrons. The number of carbonyl (C=O) groups excluding carboxylic acids is 1. The Morgan fingerprint density at radius 3 is 2.79 bits per heavy atom. The third-order valence-electron chi connectivity index (χ3n) is 4.86. The number of hydrogen-bond acceptors (Lipinski definition) is 5. The lowest BCUT2D eigenvalue weighted by atomic mass is 9.93. The van der Waals surface area contributed by atoms with Crippen molar-refractivity contribution in [2.75, 3.05) is 19.8 Å². The van der Waals surface area contributed by atoms with Gasteiger partial charge < -0.3 is 19.8 Å². The van der Waals surface area contributed by atoms with E-state index in [4.69, 9.17) is 9.84 Å². The maximum atomic E-state index is 12.9. The van der Waals surface area contributed by atoms with Crippen molar-refractivity contribution < 1.29 is 24.5 Å². The van der Waals surface area contributed by atoms with Gasteiger partial charge >= 0.3 is 5.97 Å². The summed E-state index contributed by atoms with van der Waals surface area (Å²) in [5, 5.41) is 22.6. The van der Waals surface area contributed by atoms with E-state index in [0.29, 0.717) is 31.6 Å². The molecule has 2 aliphatic rings. The summed E-state index contributed by atoms with van der Waals surface area (Å²) in [4.78, 5) is 26.0. The Labute approximate surface area is 140 Å². The highest BCUT2D eigenvalue weighted by molar-refractivity contribution is 5.89. The van der Waals surface area contributed by atoms with Crippen molar-refractivity contribution in [2.45, 2.75) is 51.3 Å². The summed E-state index contributed by atoms with van der Waals surface area (Å²) in [6, 6.07) is 0. The van der Waals surface area contributed by atoms with Crippen LogP contribution in [0.15, 0.2) is 0 Å². The maximum Gasteiger partial charge on any atom is 0.356 e. The first-order valence-electron chi connectivity index (χ1n) is 8.32. The number of aliphatic hydroxyl groups is 1. The quantitative estimate of drug-likeness (QED) is 0.825. The Balaban J connectivity index is 1.85. The number of carbonyl (C=O) groups is 2. The Morgan fingerprint density at radius 1 is 1.38 bits per heavy atom. The number of rotatable bonds is 4. The smallest absolute Gasteiger partial charge is 0.356 e. The molecule has 0 aliphatic carbocycles. The van der Waals surface area contributed by atoms with Crippen molar-refractivity contribution in [2.24, 2.45) is 0 Å². The second kappa shape index (κ2) is 6.52. The normalized spacial score (nSPS) is 23.8. The van der Waals surface area contributed by atoms with Gasteiger partial charge in [-0.2, -0.15) is 5.10 Å². The number of amides is 1. The molecule has 0 saturated carbocycles. The molecule has 1 fully saturated rings. The van der Waals surface area contributed by atoms with E-state index in [0.717, 1.165) is 18.5 Å². The Bertz CT molecular complexity index is 648. The van der Waals surface area contributed by atoms with E-state index in [2.05, 4.69) is 5.10 Å². The first-order chi connectivity index (χ1) is 11.5. The van der Waals surface area contributed by atoms with E-state index < -0.39 is 11.6 Å². The van der Waals surface area contributed by atoms with Crippen molar-refractivity contribution in [1.29, 1.82) is 0 Å². The fourth-order valence-corrected chi connectivity index (χ4v) is 3.55. The van der Waals surface area contributed by atoms with Crippen LogP contribution in [0.5, 0.6) is 0 Å². The molecule has 8 nitrogen and oxygen atoms in total. The molecule has 0 aromatic carbocycles. The monoisotopic (exact) mass is 337 g/mol. The summed E-state index contributed by atoms with van der Waals surface area (Å²) in [7, 11) is 0. The minimum Gasteiger partial charge on any atom is -0.476 e. The van der Waals surface area contributed by atoms with Gasteiger partial charge in [-0.15, -0.1) is 0 Å². The van der Waals surface area contributed by atoms with Gasteiger partial charge in [-0.3, -0.25) is 9.48 Å². The number of aromatic nitrogens is 2. The molecule has 1 aromatic heterocycles. The number of nitrogens with zero attached hydrogens (tertiary/aromatic N) is 3. The van der Waals surface area contributed by atoms with Crippen molar-refractivity contribution in [3.8, 4) is 0 Å². The number of aliphatic hydroxyl groups excluding tert-OH is 1. The third-order valence-corrected chi connectivity index (χ3v) is 4.86.